The maximum absolute atomic E-state index is 14.6. The molecule has 0 aliphatic heterocycles. The minimum Gasteiger partial charge on any atom is -0.469 e. The van der Waals surface area contributed by atoms with Crippen LogP contribution in [-0.4, -0.2) is 33.0 Å². The summed E-state index contributed by atoms with van der Waals surface area (Å²) in [6.45, 7) is 12.7. The molecule has 0 aliphatic rings. The van der Waals surface area contributed by atoms with E-state index in [-0.39, 0.29) is 18.0 Å². The number of methoxy groups -OCH3 is 1. The summed E-state index contributed by atoms with van der Waals surface area (Å²) in [6.07, 6.45) is 0.676. The largest absolute Gasteiger partial charge is 0.469 e. The molecule has 0 bridgehead atoms. The van der Waals surface area contributed by atoms with Gasteiger partial charge in [-0.2, -0.15) is 0 Å². The number of carbonyl (C=O) groups excluding carboxylic acids is 2. The van der Waals surface area contributed by atoms with Crippen molar-refractivity contribution in [2.45, 2.75) is 54.0 Å². The molecular formula is C26H38ClFN2O3. The third kappa shape index (κ3) is 10.5. The number of nitrogens with one attached hydrogen (secondary N) is 1. The van der Waals surface area contributed by atoms with Crippen LogP contribution in [0.3, 0.4) is 0 Å². The Labute approximate surface area is 202 Å². The molecule has 0 spiro atoms. The topological polar surface area (TPSA) is 81.4 Å². The third-order valence-corrected chi connectivity index (χ3v) is 4.72. The average Bonchev–Trinajstić information content (AvgIpc) is 2.73. The molecule has 1 unspecified atom stereocenters. The Kier molecular flexibility index (Phi) is 14.5. The van der Waals surface area contributed by atoms with Crippen LogP contribution in [0.15, 0.2) is 24.3 Å². The van der Waals surface area contributed by atoms with Crippen molar-refractivity contribution in [3.63, 3.8) is 0 Å². The zero-order valence-corrected chi connectivity index (χ0v) is 21.8. The van der Waals surface area contributed by atoms with Gasteiger partial charge in [-0.25, -0.2) is 4.39 Å². The summed E-state index contributed by atoms with van der Waals surface area (Å²) in [6, 6.07) is 7.05. The van der Waals surface area contributed by atoms with Crippen LogP contribution in [0.25, 0.3) is 11.1 Å². The van der Waals surface area contributed by atoms with E-state index in [1.54, 1.807) is 19.2 Å². The lowest BCUT2D eigenvalue weighted by Crippen LogP contribution is -2.22. The molecule has 0 aliphatic carbocycles. The molecule has 5 nitrogen and oxygen atoms in total. The molecule has 0 heterocycles. The quantitative estimate of drug-likeness (QED) is 0.409. The van der Waals surface area contributed by atoms with Crippen LogP contribution < -0.4 is 11.1 Å². The molecule has 0 saturated carbocycles. The fourth-order valence-corrected chi connectivity index (χ4v) is 3.49. The number of halogens is 2. The molecule has 184 valence electrons. The van der Waals surface area contributed by atoms with Crippen LogP contribution in [0.4, 0.5) is 4.39 Å². The zero-order valence-electron chi connectivity index (χ0n) is 21.0. The predicted octanol–water partition coefficient (Wildman–Crippen LogP) is 5.70. The van der Waals surface area contributed by atoms with Crippen molar-refractivity contribution in [2.75, 3.05) is 20.7 Å². The number of carbonyl (C=O) groups is 2. The molecular weight excluding hydrogens is 443 g/mol. The minimum absolute atomic E-state index is 0.0234. The van der Waals surface area contributed by atoms with E-state index in [2.05, 4.69) is 44.0 Å². The molecule has 33 heavy (non-hydrogen) atoms. The Morgan fingerprint density at radius 1 is 1.15 bits per heavy atom. The summed E-state index contributed by atoms with van der Waals surface area (Å²) in [7, 11) is 2.99. The summed E-state index contributed by atoms with van der Waals surface area (Å²) in [5, 5.41) is 3.01. The van der Waals surface area contributed by atoms with Gasteiger partial charge in [0.2, 0.25) is 0 Å². The molecule has 0 amide bonds. The van der Waals surface area contributed by atoms with E-state index in [9.17, 15) is 9.18 Å². The monoisotopic (exact) mass is 480 g/mol. The van der Waals surface area contributed by atoms with E-state index in [1.165, 1.54) is 12.7 Å². The number of ether oxygens (including phenoxy) is 1. The predicted molar refractivity (Wildman–Crippen MR) is 135 cm³/mol. The van der Waals surface area contributed by atoms with E-state index in [0.717, 1.165) is 28.2 Å². The van der Waals surface area contributed by atoms with Crippen molar-refractivity contribution in [1.29, 1.82) is 0 Å². The highest BCUT2D eigenvalue weighted by atomic mass is 35.5. The highest BCUT2D eigenvalue weighted by molar-refractivity contribution is 6.31. The van der Waals surface area contributed by atoms with Crippen molar-refractivity contribution >= 4 is 23.9 Å². The summed E-state index contributed by atoms with van der Waals surface area (Å²) in [4.78, 5) is 20.7. The molecule has 2 rings (SSSR count). The Balaban J connectivity index is 0.00000111. The van der Waals surface area contributed by atoms with Crippen LogP contribution in [0.2, 0.25) is 5.02 Å². The second-order valence-corrected chi connectivity index (χ2v) is 8.80. The van der Waals surface area contributed by atoms with Gasteiger partial charge in [-0.1, -0.05) is 50.1 Å². The van der Waals surface area contributed by atoms with Gasteiger partial charge in [0.05, 0.1) is 18.6 Å². The number of nitrogens with two attached hydrogens (primary N) is 1. The fraction of sp³-hybridized carbons (Fsp3) is 0.462. The van der Waals surface area contributed by atoms with Gasteiger partial charge in [0, 0.05) is 18.2 Å². The van der Waals surface area contributed by atoms with Gasteiger partial charge < -0.3 is 20.6 Å². The van der Waals surface area contributed by atoms with E-state index < -0.39 is 17.8 Å². The van der Waals surface area contributed by atoms with Crippen molar-refractivity contribution in [1.82, 2.24) is 5.32 Å². The number of benzene rings is 2. The molecule has 2 aromatic rings. The van der Waals surface area contributed by atoms with Gasteiger partial charge in [-0.3, -0.25) is 4.79 Å². The van der Waals surface area contributed by atoms with Gasteiger partial charge in [-0.15, -0.1) is 0 Å². The average molecular weight is 481 g/mol. The molecule has 0 radical (unpaired) electrons. The molecule has 1 atom stereocenters. The smallest absolute Gasteiger partial charge is 0.307 e. The molecule has 2 aromatic carbocycles. The number of aryl methyl sites for hydroxylation is 3. The summed E-state index contributed by atoms with van der Waals surface area (Å²) in [5.74, 6) is -0.0981. The maximum Gasteiger partial charge on any atom is 0.307 e. The van der Waals surface area contributed by atoms with Crippen molar-refractivity contribution in [3.05, 3.63) is 57.4 Å². The zero-order chi connectivity index (χ0) is 25.7. The first-order valence-corrected chi connectivity index (χ1v) is 11.3. The van der Waals surface area contributed by atoms with E-state index in [1.807, 2.05) is 20.8 Å². The molecule has 0 fully saturated rings. The number of hydrogen-bond acceptors (Lipinski definition) is 5. The van der Waals surface area contributed by atoms with Gasteiger partial charge >= 0.3 is 5.97 Å². The SMILES string of the molecule is CC(C)C.CNC(CC(=O)OC)c1cc(-c2c(C)cc(C)cc2C)cc(Cl)c1F.NCC=O. The lowest BCUT2D eigenvalue weighted by Gasteiger charge is -2.19. The Morgan fingerprint density at radius 2 is 1.64 bits per heavy atom. The van der Waals surface area contributed by atoms with Crippen molar-refractivity contribution in [3.8, 4) is 11.1 Å². The second kappa shape index (κ2) is 15.5. The van der Waals surface area contributed by atoms with Gasteiger partial charge in [0.25, 0.3) is 0 Å². The minimum atomic E-state index is -0.518. The number of aldehydes is 1. The molecule has 0 aromatic heterocycles. The van der Waals surface area contributed by atoms with Crippen LogP contribution in [-0.2, 0) is 14.3 Å². The number of esters is 1. The molecule has 0 saturated heterocycles. The highest BCUT2D eigenvalue weighted by Crippen LogP contribution is 2.35. The fourth-order valence-electron chi connectivity index (χ4n) is 3.26. The van der Waals surface area contributed by atoms with Crippen LogP contribution in [0.1, 0.15) is 55.5 Å². The second-order valence-electron chi connectivity index (χ2n) is 8.39. The Bertz CT molecular complexity index is 891. The van der Waals surface area contributed by atoms with E-state index >= 15 is 0 Å². The van der Waals surface area contributed by atoms with Gasteiger partial charge in [-0.05, 0) is 68.1 Å². The lowest BCUT2D eigenvalue weighted by molar-refractivity contribution is -0.141. The third-order valence-electron chi connectivity index (χ3n) is 4.44. The normalized spacial score (nSPS) is 11.0. The first-order chi connectivity index (χ1) is 15.4. The summed E-state index contributed by atoms with van der Waals surface area (Å²) >= 11 is 6.16. The Morgan fingerprint density at radius 3 is 2.03 bits per heavy atom. The highest BCUT2D eigenvalue weighted by Gasteiger charge is 2.22. The van der Waals surface area contributed by atoms with E-state index in [0.29, 0.717) is 11.8 Å². The van der Waals surface area contributed by atoms with E-state index in [4.69, 9.17) is 21.1 Å². The van der Waals surface area contributed by atoms with Crippen molar-refractivity contribution in [2.24, 2.45) is 11.7 Å². The molecule has 7 heteroatoms. The first kappa shape index (κ1) is 30.7. The van der Waals surface area contributed by atoms with Crippen LogP contribution in [0, 0.1) is 32.5 Å². The first-order valence-electron chi connectivity index (χ1n) is 10.9. The summed E-state index contributed by atoms with van der Waals surface area (Å²) < 4.78 is 19.3. The maximum atomic E-state index is 14.6. The molecule has 3 N–H and O–H groups in total. The number of rotatable bonds is 6. The number of hydrogen-bond donors (Lipinski definition) is 2. The van der Waals surface area contributed by atoms with Gasteiger partial charge in [0.1, 0.15) is 12.1 Å². The van der Waals surface area contributed by atoms with Crippen molar-refractivity contribution < 1.29 is 18.7 Å². The Hall–Kier alpha value is -2.28. The van der Waals surface area contributed by atoms with Gasteiger partial charge in [0.15, 0.2) is 0 Å². The summed E-state index contributed by atoms with van der Waals surface area (Å²) in [5.41, 5.74) is 10.2. The standard InChI is InChI=1S/C20H23ClFNO2.C4H10.C2H5NO/c1-11-6-12(2)19(13(3)7-11)14-8-15(20(22)16(21)9-14)17(23-4)10-18(24)25-5;1-4(2)3;3-1-2-4/h6-9,17,23H,10H2,1-5H3;4H,1-3H3;2H,1,3H2. The van der Waals surface area contributed by atoms with Crippen LogP contribution in [0.5, 0.6) is 0 Å². The lowest BCUT2D eigenvalue weighted by atomic mass is 9.91. The van der Waals surface area contributed by atoms with Crippen LogP contribution >= 0.6 is 11.6 Å².